The molecule has 2 N–H and O–H groups in total. The molecule has 1 aromatic heterocycles. The van der Waals surface area contributed by atoms with Gasteiger partial charge in [0.15, 0.2) is 0 Å². The largest absolute Gasteiger partial charge is 0.497 e. The number of H-pyrrole nitrogens is 1. The highest BCUT2D eigenvalue weighted by atomic mass is 16.5. The van der Waals surface area contributed by atoms with Crippen molar-refractivity contribution in [3.05, 3.63) is 53.7 Å². The molecule has 2 aromatic carbocycles. The van der Waals surface area contributed by atoms with Crippen LogP contribution in [0.25, 0.3) is 10.9 Å². The van der Waals surface area contributed by atoms with E-state index in [1.165, 1.54) is 5.56 Å². The molecule has 2 unspecified atom stereocenters. The first kappa shape index (κ1) is 12.7. The predicted octanol–water partition coefficient (Wildman–Crippen LogP) is 2.95. The monoisotopic (exact) mass is 305 g/mol. The van der Waals surface area contributed by atoms with Crippen LogP contribution in [-0.2, 0) is 10.2 Å². The summed E-state index contributed by atoms with van der Waals surface area (Å²) in [6.45, 7) is 0. The van der Waals surface area contributed by atoms with Gasteiger partial charge in [-0.2, -0.15) is 5.10 Å². The molecule has 5 nitrogen and oxygen atoms in total. The fourth-order valence-corrected chi connectivity index (χ4v) is 3.87. The third kappa shape index (κ3) is 1.56. The van der Waals surface area contributed by atoms with E-state index in [9.17, 15) is 4.79 Å². The predicted molar refractivity (Wildman–Crippen MR) is 86.8 cm³/mol. The van der Waals surface area contributed by atoms with Crippen LogP contribution in [-0.4, -0.2) is 23.2 Å². The maximum Gasteiger partial charge on any atom is 0.235 e. The lowest BCUT2D eigenvalue weighted by molar-refractivity contribution is -0.118. The molecule has 1 spiro atoms. The Hall–Kier alpha value is -2.82. The van der Waals surface area contributed by atoms with E-state index in [1.807, 2.05) is 24.4 Å². The molecular formula is C18H15N3O2. The first-order chi connectivity index (χ1) is 11.2. The van der Waals surface area contributed by atoms with Crippen LogP contribution in [0.15, 0.2) is 42.6 Å². The maximum absolute atomic E-state index is 12.6. The Bertz CT molecular complexity index is 962. The number of anilines is 1. The van der Waals surface area contributed by atoms with Crippen LogP contribution in [0.5, 0.6) is 5.75 Å². The van der Waals surface area contributed by atoms with Crippen molar-refractivity contribution in [3.63, 3.8) is 0 Å². The first-order valence-corrected chi connectivity index (χ1v) is 7.65. The molecule has 1 fully saturated rings. The Morgan fingerprint density at radius 1 is 1.26 bits per heavy atom. The number of benzene rings is 2. The van der Waals surface area contributed by atoms with Gasteiger partial charge < -0.3 is 10.1 Å². The van der Waals surface area contributed by atoms with Crippen LogP contribution in [0, 0.1) is 0 Å². The van der Waals surface area contributed by atoms with Gasteiger partial charge in [0.2, 0.25) is 5.91 Å². The quantitative estimate of drug-likeness (QED) is 0.765. The summed E-state index contributed by atoms with van der Waals surface area (Å²) >= 11 is 0. The Labute approximate surface area is 132 Å². The van der Waals surface area contributed by atoms with Gasteiger partial charge in [0, 0.05) is 17.0 Å². The third-order valence-electron chi connectivity index (χ3n) is 5.19. The summed E-state index contributed by atoms with van der Waals surface area (Å²) in [5.41, 5.74) is 3.69. The first-order valence-electron chi connectivity index (χ1n) is 7.65. The molecule has 5 heteroatoms. The minimum atomic E-state index is -0.447. The molecule has 1 aliphatic heterocycles. The average molecular weight is 305 g/mol. The zero-order valence-corrected chi connectivity index (χ0v) is 12.6. The maximum atomic E-state index is 12.6. The number of nitrogens with zero attached hydrogens (tertiary/aromatic N) is 1. The van der Waals surface area contributed by atoms with Gasteiger partial charge in [-0.1, -0.05) is 12.1 Å². The number of amides is 1. The number of fused-ring (bicyclic) bond motifs is 3. The third-order valence-corrected chi connectivity index (χ3v) is 5.19. The SMILES string of the molecule is COc1ccc2c(c1)C1(CC1c1ccc3cn[nH]c3c1)C(=O)N2. The molecule has 0 bridgehead atoms. The molecule has 1 amide bonds. The second kappa shape index (κ2) is 4.13. The zero-order chi connectivity index (χ0) is 15.6. The van der Waals surface area contributed by atoms with Crippen molar-refractivity contribution in [1.29, 1.82) is 0 Å². The van der Waals surface area contributed by atoms with E-state index in [4.69, 9.17) is 4.74 Å². The van der Waals surface area contributed by atoms with Gasteiger partial charge in [-0.25, -0.2) is 0 Å². The molecule has 3 aromatic rings. The lowest BCUT2D eigenvalue weighted by Gasteiger charge is -2.10. The minimum Gasteiger partial charge on any atom is -0.497 e. The molecule has 1 aliphatic carbocycles. The van der Waals surface area contributed by atoms with Crippen molar-refractivity contribution in [2.24, 2.45) is 0 Å². The summed E-state index contributed by atoms with van der Waals surface area (Å²) in [7, 11) is 1.65. The minimum absolute atomic E-state index is 0.0930. The number of hydrogen-bond acceptors (Lipinski definition) is 3. The van der Waals surface area contributed by atoms with Crippen molar-refractivity contribution in [3.8, 4) is 5.75 Å². The number of methoxy groups -OCH3 is 1. The van der Waals surface area contributed by atoms with E-state index in [0.29, 0.717) is 0 Å². The highest BCUT2D eigenvalue weighted by Gasteiger charge is 2.65. The van der Waals surface area contributed by atoms with Crippen LogP contribution in [0.2, 0.25) is 0 Å². The standard InChI is InChI=1S/C18H15N3O2/c1-23-12-4-5-15-13(7-12)18(17(22)20-15)8-14(18)10-2-3-11-9-19-21-16(11)6-10/h2-7,9,14H,8H2,1H3,(H,19,21)(H,20,22). The van der Waals surface area contributed by atoms with Crippen LogP contribution in [0.4, 0.5) is 5.69 Å². The molecule has 5 rings (SSSR count). The summed E-state index contributed by atoms with van der Waals surface area (Å²) in [5.74, 6) is 1.08. The van der Waals surface area contributed by atoms with Gasteiger partial charge in [-0.05, 0) is 41.8 Å². The van der Waals surface area contributed by atoms with E-state index in [0.717, 1.165) is 34.3 Å². The molecule has 2 aliphatic rings. The van der Waals surface area contributed by atoms with E-state index in [-0.39, 0.29) is 11.8 Å². The number of ether oxygens (including phenoxy) is 1. The molecule has 0 radical (unpaired) electrons. The van der Waals surface area contributed by atoms with Gasteiger partial charge in [0.05, 0.1) is 24.2 Å². The zero-order valence-electron chi connectivity index (χ0n) is 12.6. The summed E-state index contributed by atoms with van der Waals surface area (Å²) in [4.78, 5) is 12.6. The van der Waals surface area contributed by atoms with Gasteiger partial charge in [-0.15, -0.1) is 0 Å². The van der Waals surface area contributed by atoms with Gasteiger partial charge >= 0.3 is 0 Å². The number of rotatable bonds is 2. The van der Waals surface area contributed by atoms with E-state index < -0.39 is 5.41 Å². The fourth-order valence-electron chi connectivity index (χ4n) is 3.87. The van der Waals surface area contributed by atoms with Gasteiger partial charge in [0.25, 0.3) is 0 Å². The second-order valence-corrected chi connectivity index (χ2v) is 6.31. The number of hydrogen-bond donors (Lipinski definition) is 2. The van der Waals surface area contributed by atoms with Crippen molar-refractivity contribution >= 4 is 22.5 Å². The molecule has 0 saturated heterocycles. The number of carbonyl (C=O) groups is 1. The number of aromatic amines is 1. The molecular weight excluding hydrogens is 290 g/mol. The van der Waals surface area contributed by atoms with Crippen LogP contribution >= 0.6 is 0 Å². The Balaban J connectivity index is 1.61. The van der Waals surface area contributed by atoms with Crippen LogP contribution in [0.1, 0.15) is 23.5 Å². The molecule has 1 saturated carbocycles. The average Bonchev–Trinajstić information content (AvgIpc) is 3.05. The lowest BCUT2D eigenvalue weighted by Crippen LogP contribution is -2.21. The summed E-state index contributed by atoms with van der Waals surface area (Å²) in [5, 5.41) is 11.2. The van der Waals surface area contributed by atoms with Crippen molar-refractivity contribution in [1.82, 2.24) is 10.2 Å². The Morgan fingerprint density at radius 3 is 3.04 bits per heavy atom. The highest BCUT2D eigenvalue weighted by molar-refractivity contribution is 6.10. The van der Waals surface area contributed by atoms with E-state index in [1.54, 1.807) is 7.11 Å². The lowest BCUT2D eigenvalue weighted by atomic mass is 9.91. The van der Waals surface area contributed by atoms with Crippen LogP contribution in [0.3, 0.4) is 0 Å². The second-order valence-electron chi connectivity index (χ2n) is 6.31. The van der Waals surface area contributed by atoms with E-state index in [2.05, 4.69) is 33.7 Å². The Morgan fingerprint density at radius 2 is 2.17 bits per heavy atom. The molecule has 2 atom stereocenters. The molecule has 114 valence electrons. The molecule has 2 heterocycles. The number of carbonyl (C=O) groups excluding carboxylic acids is 1. The van der Waals surface area contributed by atoms with E-state index >= 15 is 0 Å². The number of nitrogens with one attached hydrogen (secondary N) is 2. The van der Waals surface area contributed by atoms with Crippen LogP contribution < -0.4 is 10.1 Å². The van der Waals surface area contributed by atoms with Gasteiger partial charge in [0.1, 0.15) is 5.75 Å². The molecule has 23 heavy (non-hydrogen) atoms. The highest BCUT2D eigenvalue weighted by Crippen LogP contribution is 2.65. The Kier molecular flexibility index (Phi) is 2.28. The summed E-state index contributed by atoms with van der Waals surface area (Å²) in [6.07, 6.45) is 2.64. The smallest absolute Gasteiger partial charge is 0.235 e. The fraction of sp³-hybridized carbons (Fsp3) is 0.222. The van der Waals surface area contributed by atoms with Gasteiger partial charge in [-0.3, -0.25) is 9.89 Å². The van der Waals surface area contributed by atoms with Crippen molar-refractivity contribution < 1.29 is 9.53 Å². The normalized spacial score (nSPS) is 24.7. The summed E-state index contributed by atoms with van der Waals surface area (Å²) in [6, 6.07) is 12.1. The van der Waals surface area contributed by atoms with Crippen molar-refractivity contribution in [2.45, 2.75) is 17.8 Å². The number of aromatic nitrogens is 2. The van der Waals surface area contributed by atoms with Crippen molar-refractivity contribution in [2.75, 3.05) is 12.4 Å². The summed E-state index contributed by atoms with van der Waals surface area (Å²) < 4.78 is 5.33. The topological polar surface area (TPSA) is 67.0 Å².